The minimum Gasteiger partial charge on any atom is -0.464 e. The first kappa shape index (κ1) is 16.1. The van der Waals surface area contributed by atoms with Gasteiger partial charge in [0.25, 0.3) is 0 Å². The Morgan fingerprint density at radius 2 is 1.88 bits per heavy atom. The second kappa shape index (κ2) is 7.42. The van der Waals surface area contributed by atoms with Crippen LogP contribution < -0.4 is 5.73 Å². The molecule has 0 saturated heterocycles. The molecule has 1 unspecified atom stereocenters. The first-order valence-electron chi connectivity index (χ1n) is 4.78. The largest absolute Gasteiger partial charge is 0.464 e. The number of Topliss-reactive ketones (excluding diaryl/α,β-unsaturated/α-hetero) is 1. The maximum Gasteiger partial charge on any atom is 0.331 e. The Hall–Kier alpha value is -0.910. The smallest absolute Gasteiger partial charge is 0.331 e. The maximum absolute atomic E-state index is 11.7. The summed E-state index contributed by atoms with van der Waals surface area (Å²) >= 11 is 3.25. The van der Waals surface area contributed by atoms with Crippen molar-refractivity contribution in [3.8, 4) is 0 Å². The van der Waals surface area contributed by atoms with Crippen LogP contribution in [0.3, 0.4) is 0 Å². The zero-order valence-corrected chi connectivity index (χ0v) is 11.6. The summed E-state index contributed by atoms with van der Waals surface area (Å²) < 4.78 is 5.53. The van der Waals surface area contributed by atoms with Gasteiger partial charge in [-0.3, -0.25) is 4.79 Å². The van der Waals surface area contributed by atoms with Crippen LogP contribution in [-0.4, -0.2) is 24.4 Å². The fourth-order valence-electron chi connectivity index (χ4n) is 1.13. The summed E-state index contributed by atoms with van der Waals surface area (Å²) in [6.45, 7) is 1.87. The predicted octanol–water partition coefficient (Wildman–Crippen LogP) is 1.94. The van der Waals surface area contributed by atoms with E-state index in [1.54, 1.807) is 31.2 Å². The van der Waals surface area contributed by atoms with E-state index in [-0.39, 0.29) is 19.0 Å². The molecule has 4 nitrogen and oxygen atoms in total. The fraction of sp³-hybridized carbons (Fsp3) is 0.273. The van der Waals surface area contributed by atoms with Crippen molar-refractivity contribution in [2.24, 2.45) is 5.73 Å². The Labute approximate surface area is 114 Å². The van der Waals surface area contributed by atoms with Crippen molar-refractivity contribution in [1.29, 1.82) is 0 Å². The molecule has 0 aliphatic carbocycles. The van der Waals surface area contributed by atoms with Crippen LogP contribution >= 0.6 is 28.3 Å². The first-order chi connectivity index (χ1) is 7.56. The van der Waals surface area contributed by atoms with Crippen LogP contribution in [0.5, 0.6) is 0 Å². The number of benzene rings is 1. The van der Waals surface area contributed by atoms with Crippen molar-refractivity contribution in [3.05, 3.63) is 34.3 Å². The van der Waals surface area contributed by atoms with Crippen LogP contribution in [-0.2, 0) is 9.53 Å². The first-order valence-corrected chi connectivity index (χ1v) is 5.57. The number of carbonyl (C=O) groups excluding carboxylic acids is 2. The fourth-order valence-corrected chi connectivity index (χ4v) is 1.40. The lowest BCUT2D eigenvalue weighted by Crippen LogP contribution is -2.40. The number of esters is 1. The van der Waals surface area contributed by atoms with E-state index >= 15 is 0 Å². The molecule has 0 saturated carbocycles. The Kier molecular flexibility index (Phi) is 7.03. The van der Waals surface area contributed by atoms with Gasteiger partial charge in [0.1, 0.15) is 0 Å². The molecule has 0 radical (unpaired) electrons. The van der Waals surface area contributed by atoms with E-state index in [9.17, 15) is 9.59 Å². The van der Waals surface area contributed by atoms with Gasteiger partial charge in [0.15, 0.2) is 11.8 Å². The molecule has 0 aromatic heterocycles. The summed E-state index contributed by atoms with van der Waals surface area (Å²) in [5.41, 5.74) is 5.87. The molecule has 1 aromatic carbocycles. The van der Waals surface area contributed by atoms with Gasteiger partial charge in [-0.1, -0.05) is 28.1 Å². The molecule has 0 aliphatic heterocycles. The highest BCUT2D eigenvalue weighted by atomic mass is 79.9. The van der Waals surface area contributed by atoms with E-state index in [0.29, 0.717) is 5.56 Å². The van der Waals surface area contributed by atoms with Crippen LogP contribution in [0.1, 0.15) is 17.3 Å². The van der Waals surface area contributed by atoms with Crippen molar-refractivity contribution in [1.82, 2.24) is 0 Å². The molecule has 94 valence electrons. The van der Waals surface area contributed by atoms with Gasteiger partial charge in [0.05, 0.1) is 6.61 Å². The van der Waals surface area contributed by atoms with Gasteiger partial charge in [0.2, 0.25) is 0 Å². The number of hydrogen-bond acceptors (Lipinski definition) is 4. The molecule has 1 aromatic rings. The van der Waals surface area contributed by atoms with Gasteiger partial charge in [-0.25, -0.2) is 4.79 Å². The molecule has 0 spiro atoms. The predicted molar refractivity (Wildman–Crippen MR) is 70.3 cm³/mol. The quantitative estimate of drug-likeness (QED) is 0.522. The van der Waals surface area contributed by atoms with Gasteiger partial charge in [-0.15, -0.1) is 12.4 Å². The maximum atomic E-state index is 11.7. The number of nitrogens with two attached hydrogens (primary N) is 1. The minimum atomic E-state index is -1.25. The average molecular weight is 323 g/mol. The third kappa shape index (κ3) is 4.46. The molecule has 0 fully saturated rings. The van der Waals surface area contributed by atoms with E-state index in [2.05, 4.69) is 20.7 Å². The highest BCUT2D eigenvalue weighted by Gasteiger charge is 2.24. The molecule has 0 amide bonds. The van der Waals surface area contributed by atoms with Crippen molar-refractivity contribution in [2.45, 2.75) is 13.0 Å². The number of carbonyl (C=O) groups is 2. The molecule has 2 N–H and O–H groups in total. The summed E-state index contributed by atoms with van der Waals surface area (Å²) in [5.74, 6) is -1.14. The summed E-state index contributed by atoms with van der Waals surface area (Å²) in [5, 5.41) is 0. The van der Waals surface area contributed by atoms with Crippen LogP contribution in [0.4, 0.5) is 0 Å². The lowest BCUT2D eigenvalue weighted by molar-refractivity contribution is -0.143. The van der Waals surface area contributed by atoms with E-state index in [0.717, 1.165) is 4.47 Å². The number of ether oxygens (including phenoxy) is 1. The summed E-state index contributed by atoms with van der Waals surface area (Å²) in [6, 6.07) is 5.38. The van der Waals surface area contributed by atoms with Crippen molar-refractivity contribution in [2.75, 3.05) is 6.61 Å². The van der Waals surface area contributed by atoms with Crippen LogP contribution in [0.2, 0.25) is 0 Å². The standard InChI is InChI=1S/C11H12BrNO3.ClH/c1-2-16-11(15)9(13)10(14)7-3-5-8(12)6-4-7;/h3-6,9H,2,13H2,1H3;1H. The third-order valence-electron chi connectivity index (χ3n) is 1.95. The minimum absolute atomic E-state index is 0. The Bertz CT molecular complexity index is 394. The van der Waals surface area contributed by atoms with Gasteiger partial charge in [0, 0.05) is 10.0 Å². The summed E-state index contributed by atoms with van der Waals surface area (Å²) in [6.07, 6.45) is 0. The van der Waals surface area contributed by atoms with Gasteiger partial charge in [-0.2, -0.15) is 0 Å². The van der Waals surface area contributed by atoms with E-state index < -0.39 is 17.8 Å². The number of halogens is 2. The lowest BCUT2D eigenvalue weighted by Gasteiger charge is -2.09. The van der Waals surface area contributed by atoms with Crippen LogP contribution in [0.15, 0.2) is 28.7 Å². The van der Waals surface area contributed by atoms with Gasteiger partial charge < -0.3 is 10.5 Å². The summed E-state index contributed by atoms with van der Waals surface area (Å²) in [4.78, 5) is 23.0. The van der Waals surface area contributed by atoms with Crippen LogP contribution in [0.25, 0.3) is 0 Å². The number of rotatable bonds is 4. The summed E-state index contributed by atoms with van der Waals surface area (Å²) in [7, 11) is 0. The highest BCUT2D eigenvalue weighted by Crippen LogP contribution is 2.12. The van der Waals surface area contributed by atoms with E-state index in [1.807, 2.05) is 0 Å². The van der Waals surface area contributed by atoms with Crippen molar-refractivity contribution < 1.29 is 14.3 Å². The number of hydrogen-bond donors (Lipinski definition) is 1. The second-order valence-electron chi connectivity index (χ2n) is 3.10. The monoisotopic (exact) mass is 321 g/mol. The van der Waals surface area contributed by atoms with Crippen molar-refractivity contribution >= 4 is 40.1 Å². The Morgan fingerprint density at radius 1 is 1.35 bits per heavy atom. The molecule has 0 heterocycles. The molecule has 17 heavy (non-hydrogen) atoms. The zero-order chi connectivity index (χ0) is 12.1. The lowest BCUT2D eigenvalue weighted by atomic mass is 10.1. The van der Waals surface area contributed by atoms with E-state index in [4.69, 9.17) is 5.73 Å². The highest BCUT2D eigenvalue weighted by molar-refractivity contribution is 9.10. The zero-order valence-electron chi connectivity index (χ0n) is 9.18. The average Bonchev–Trinajstić information content (AvgIpc) is 2.28. The van der Waals surface area contributed by atoms with Gasteiger partial charge >= 0.3 is 5.97 Å². The Balaban J connectivity index is 0.00000256. The number of ketones is 1. The molecule has 0 bridgehead atoms. The molecule has 1 atom stereocenters. The Morgan fingerprint density at radius 3 is 2.35 bits per heavy atom. The molecule has 0 aliphatic rings. The molecule has 6 heteroatoms. The van der Waals surface area contributed by atoms with E-state index in [1.165, 1.54) is 0 Å². The molecule has 1 rings (SSSR count). The second-order valence-corrected chi connectivity index (χ2v) is 4.02. The van der Waals surface area contributed by atoms with Crippen molar-refractivity contribution in [3.63, 3.8) is 0 Å². The molecular formula is C11H13BrClNO3. The van der Waals surface area contributed by atoms with Crippen LogP contribution in [0, 0.1) is 0 Å². The third-order valence-corrected chi connectivity index (χ3v) is 2.48. The normalized spacial score (nSPS) is 11.2. The van der Waals surface area contributed by atoms with Gasteiger partial charge in [-0.05, 0) is 19.1 Å². The SMILES string of the molecule is CCOC(=O)C(N)C(=O)c1ccc(Br)cc1.Cl. The molecular weight excluding hydrogens is 309 g/mol. The topological polar surface area (TPSA) is 69.4 Å².